The first kappa shape index (κ1) is 25.5. The van der Waals surface area contributed by atoms with Crippen molar-refractivity contribution in [2.75, 3.05) is 19.5 Å². The van der Waals surface area contributed by atoms with Gasteiger partial charge in [-0.2, -0.15) is 0 Å². The van der Waals surface area contributed by atoms with Crippen LogP contribution in [-0.2, 0) is 7.05 Å². The lowest BCUT2D eigenvalue weighted by Crippen LogP contribution is -2.23. The van der Waals surface area contributed by atoms with Crippen molar-refractivity contribution >= 4 is 22.5 Å². The maximum atomic E-state index is 15.1. The third kappa shape index (κ3) is 4.68. The molecule has 1 N–H and O–H groups in total. The number of fused-ring (bicyclic) bond motifs is 1. The third-order valence-corrected chi connectivity index (χ3v) is 6.41. The highest BCUT2D eigenvalue weighted by molar-refractivity contribution is 6.04. The molecule has 0 aliphatic carbocycles. The Morgan fingerprint density at radius 2 is 1.64 bits per heavy atom. The first-order valence-corrected chi connectivity index (χ1v) is 12.0. The second kappa shape index (κ2) is 10.3. The highest BCUT2D eigenvalue weighted by Crippen LogP contribution is 2.37. The van der Waals surface area contributed by atoms with Gasteiger partial charge in [-0.1, -0.05) is 18.2 Å². The number of methoxy groups -OCH3 is 2. The molecule has 0 aliphatic heterocycles. The van der Waals surface area contributed by atoms with Gasteiger partial charge in [0.1, 0.15) is 11.4 Å². The van der Waals surface area contributed by atoms with E-state index in [1.54, 1.807) is 49.0 Å². The Morgan fingerprint density at radius 1 is 0.923 bits per heavy atom. The van der Waals surface area contributed by atoms with Gasteiger partial charge in [0.05, 0.1) is 31.1 Å². The van der Waals surface area contributed by atoms with Gasteiger partial charge in [-0.05, 0) is 49.4 Å². The highest BCUT2D eigenvalue weighted by atomic mass is 19.1. The van der Waals surface area contributed by atoms with Crippen molar-refractivity contribution in [3.8, 4) is 28.7 Å². The molecule has 0 fully saturated rings. The minimum atomic E-state index is -0.750. The fourth-order valence-corrected chi connectivity index (χ4v) is 4.28. The Balaban J connectivity index is 1.41. The van der Waals surface area contributed by atoms with Crippen molar-refractivity contribution < 1.29 is 23.4 Å². The van der Waals surface area contributed by atoms with Gasteiger partial charge in [0.15, 0.2) is 23.1 Å². The smallest absolute Gasteiger partial charge is 0.295 e. The van der Waals surface area contributed by atoms with Gasteiger partial charge < -0.3 is 19.5 Å². The molecule has 0 radical (unpaired) electrons. The van der Waals surface area contributed by atoms with Crippen LogP contribution in [0.5, 0.6) is 23.0 Å². The molecule has 0 bridgehead atoms. The van der Waals surface area contributed by atoms with Gasteiger partial charge in [0, 0.05) is 30.3 Å². The number of rotatable bonds is 7. The number of ether oxygens (including phenoxy) is 3. The molecular formula is C29H25FN4O5. The summed E-state index contributed by atoms with van der Waals surface area (Å²) in [6.45, 7) is 1.72. The molecule has 0 atom stereocenters. The average Bonchev–Trinajstić information content (AvgIpc) is 3.16. The van der Waals surface area contributed by atoms with Crippen molar-refractivity contribution in [2.45, 2.75) is 6.92 Å². The number of para-hydroxylation sites is 1. The molecule has 2 aromatic heterocycles. The van der Waals surface area contributed by atoms with E-state index in [4.69, 9.17) is 14.2 Å². The largest absolute Gasteiger partial charge is 0.493 e. The molecule has 198 valence electrons. The molecule has 3 aromatic carbocycles. The van der Waals surface area contributed by atoms with E-state index in [-0.39, 0.29) is 17.0 Å². The summed E-state index contributed by atoms with van der Waals surface area (Å²) < 4.78 is 34.7. The number of carbonyl (C=O) groups is 1. The second-order valence-electron chi connectivity index (χ2n) is 8.67. The maximum Gasteiger partial charge on any atom is 0.295 e. The third-order valence-electron chi connectivity index (χ3n) is 6.41. The van der Waals surface area contributed by atoms with Crippen LogP contribution in [-0.4, -0.2) is 34.5 Å². The molecule has 5 rings (SSSR count). The van der Waals surface area contributed by atoms with Crippen LogP contribution in [0.1, 0.15) is 16.1 Å². The Morgan fingerprint density at radius 3 is 2.33 bits per heavy atom. The van der Waals surface area contributed by atoms with Crippen molar-refractivity contribution in [2.24, 2.45) is 7.05 Å². The van der Waals surface area contributed by atoms with E-state index in [9.17, 15) is 9.59 Å². The molecule has 0 saturated carbocycles. The van der Waals surface area contributed by atoms with E-state index in [1.807, 2.05) is 18.2 Å². The van der Waals surface area contributed by atoms with Crippen LogP contribution in [0.2, 0.25) is 0 Å². The van der Waals surface area contributed by atoms with Crippen LogP contribution in [0.4, 0.5) is 10.1 Å². The molecule has 0 spiro atoms. The summed E-state index contributed by atoms with van der Waals surface area (Å²) in [6, 6.07) is 17.9. The van der Waals surface area contributed by atoms with Gasteiger partial charge >= 0.3 is 0 Å². The maximum absolute atomic E-state index is 15.1. The number of halogens is 1. The molecule has 0 unspecified atom stereocenters. The number of benzene rings is 3. The topological polar surface area (TPSA) is 96.6 Å². The van der Waals surface area contributed by atoms with Crippen molar-refractivity contribution in [1.82, 2.24) is 14.3 Å². The summed E-state index contributed by atoms with van der Waals surface area (Å²) in [5.41, 5.74) is 1.52. The van der Waals surface area contributed by atoms with Gasteiger partial charge in [-0.3, -0.25) is 19.3 Å². The van der Waals surface area contributed by atoms with Gasteiger partial charge in [0.2, 0.25) is 0 Å². The first-order valence-electron chi connectivity index (χ1n) is 12.0. The van der Waals surface area contributed by atoms with E-state index >= 15 is 4.39 Å². The molecular weight excluding hydrogens is 503 g/mol. The summed E-state index contributed by atoms with van der Waals surface area (Å²) in [5.74, 6) is -0.148. The van der Waals surface area contributed by atoms with E-state index < -0.39 is 17.3 Å². The van der Waals surface area contributed by atoms with Crippen LogP contribution in [0.15, 0.2) is 77.7 Å². The van der Waals surface area contributed by atoms with Crippen LogP contribution in [0, 0.1) is 12.7 Å². The lowest BCUT2D eigenvalue weighted by molar-refractivity contribution is 0.102. The number of anilines is 1. The van der Waals surface area contributed by atoms with Crippen LogP contribution >= 0.6 is 0 Å². The standard InChI is InChI=1S/C29H25FN4O5/c1-17-27(29(36)34(33(17)2)19-8-6-5-7-9-19)32-28(35)18-10-11-24(21(30)14-18)39-23-12-13-31-22-16-26(38-4)25(37-3)15-20(22)23/h5-16H,1-4H3,(H,32,35). The molecule has 0 saturated heterocycles. The Bertz CT molecular complexity index is 1760. The summed E-state index contributed by atoms with van der Waals surface area (Å²) >= 11 is 0. The zero-order valence-electron chi connectivity index (χ0n) is 21.7. The van der Waals surface area contributed by atoms with Crippen molar-refractivity contribution in [3.63, 3.8) is 0 Å². The lowest BCUT2D eigenvalue weighted by atomic mass is 10.1. The van der Waals surface area contributed by atoms with E-state index in [1.165, 1.54) is 37.2 Å². The molecule has 2 heterocycles. The molecule has 10 heteroatoms. The molecule has 5 aromatic rings. The minimum absolute atomic E-state index is 0.0276. The van der Waals surface area contributed by atoms with Gasteiger partial charge in [-0.15, -0.1) is 0 Å². The SMILES string of the molecule is COc1cc2nccc(Oc3ccc(C(=O)Nc4c(C)n(C)n(-c5ccccc5)c4=O)cc3F)c2cc1OC. The highest BCUT2D eigenvalue weighted by Gasteiger charge is 2.20. The van der Waals surface area contributed by atoms with Crippen molar-refractivity contribution in [3.05, 3.63) is 100 Å². The van der Waals surface area contributed by atoms with Crippen LogP contribution in [0.25, 0.3) is 16.6 Å². The van der Waals surface area contributed by atoms with Crippen LogP contribution < -0.4 is 25.1 Å². The summed E-state index contributed by atoms with van der Waals surface area (Å²) in [5, 5.41) is 3.22. The lowest BCUT2D eigenvalue weighted by Gasteiger charge is -2.13. The predicted octanol–water partition coefficient (Wildman–Crippen LogP) is 5.23. The number of hydrogen-bond donors (Lipinski definition) is 1. The quantitative estimate of drug-likeness (QED) is 0.311. The molecule has 0 aliphatic rings. The van der Waals surface area contributed by atoms with Crippen molar-refractivity contribution in [1.29, 1.82) is 0 Å². The van der Waals surface area contributed by atoms with E-state index in [2.05, 4.69) is 10.3 Å². The number of nitrogens with one attached hydrogen (secondary N) is 1. The number of hydrogen-bond acceptors (Lipinski definition) is 6. The zero-order chi connectivity index (χ0) is 27.7. The second-order valence-corrected chi connectivity index (χ2v) is 8.67. The number of carbonyl (C=O) groups excluding carboxylic acids is 1. The fourth-order valence-electron chi connectivity index (χ4n) is 4.28. The number of aromatic nitrogens is 3. The average molecular weight is 529 g/mol. The van der Waals surface area contributed by atoms with Gasteiger partial charge in [-0.25, -0.2) is 9.07 Å². The Kier molecular flexibility index (Phi) is 6.76. The first-order chi connectivity index (χ1) is 18.8. The number of amides is 1. The molecule has 39 heavy (non-hydrogen) atoms. The predicted molar refractivity (Wildman–Crippen MR) is 145 cm³/mol. The minimum Gasteiger partial charge on any atom is -0.493 e. The summed E-state index contributed by atoms with van der Waals surface area (Å²) in [6.07, 6.45) is 1.54. The monoisotopic (exact) mass is 528 g/mol. The summed E-state index contributed by atoms with van der Waals surface area (Å²) in [4.78, 5) is 30.4. The fraction of sp³-hybridized carbons (Fsp3) is 0.138. The van der Waals surface area contributed by atoms with E-state index in [0.717, 1.165) is 6.07 Å². The zero-order valence-corrected chi connectivity index (χ0v) is 21.7. The molecule has 9 nitrogen and oxygen atoms in total. The van der Waals surface area contributed by atoms with E-state index in [0.29, 0.717) is 39.5 Å². The molecule has 1 amide bonds. The summed E-state index contributed by atoms with van der Waals surface area (Å²) in [7, 11) is 4.76. The van der Waals surface area contributed by atoms with Crippen LogP contribution in [0.3, 0.4) is 0 Å². The Hall–Kier alpha value is -5.12. The normalized spacial score (nSPS) is 10.9. The Labute approximate surface area is 223 Å². The number of nitrogens with zero attached hydrogens (tertiary/aromatic N) is 3. The van der Waals surface area contributed by atoms with Gasteiger partial charge in [0.25, 0.3) is 11.5 Å². The number of pyridine rings is 1.